The molecule has 0 saturated heterocycles. The molecule has 1 unspecified atom stereocenters. The van der Waals surface area contributed by atoms with Crippen LogP contribution in [0.4, 0.5) is 0 Å². The molecule has 0 amide bonds. The van der Waals surface area contributed by atoms with Crippen molar-refractivity contribution in [1.29, 1.82) is 0 Å². The van der Waals surface area contributed by atoms with Gasteiger partial charge in [0.15, 0.2) is 0 Å². The molecule has 0 aliphatic heterocycles. The zero-order valence-corrected chi connectivity index (χ0v) is 9.21. The lowest BCUT2D eigenvalue weighted by molar-refractivity contribution is -0.139. The predicted octanol–water partition coefficient (Wildman–Crippen LogP) is 0.848. The lowest BCUT2D eigenvalue weighted by Gasteiger charge is -2.24. The third-order valence-corrected chi connectivity index (χ3v) is 2.13. The molecule has 0 aromatic carbocycles. The number of nitrogens with one attached hydrogen (secondary N) is 1. The number of aliphatic carboxylic acids is 1. The molecular weight excluding hydrogens is 182 g/mol. The van der Waals surface area contributed by atoms with Gasteiger partial charge in [-0.2, -0.15) is 0 Å². The van der Waals surface area contributed by atoms with E-state index in [1.54, 1.807) is 0 Å². The van der Waals surface area contributed by atoms with Gasteiger partial charge in [0.2, 0.25) is 0 Å². The smallest absolute Gasteiger partial charge is 0.320 e. The lowest BCUT2D eigenvalue weighted by Crippen LogP contribution is -2.42. The summed E-state index contributed by atoms with van der Waals surface area (Å²) in [5, 5.41) is 20.8. The molecule has 84 valence electrons. The molecule has 0 heterocycles. The molecule has 3 N–H and O–H groups in total. The number of aliphatic hydroxyl groups excluding tert-OH is 1. The average molecular weight is 203 g/mol. The first-order valence-corrected chi connectivity index (χ1v) is 5.00. The standard InChI is InChI=1S/C10H21NO3/c1-4-5-8(9(13)14)11-6-10(2,3)7-12/h8,11-12H,4-7H2,1-3H3,(H,13,14). The molecule has 14 heavy (non-hydrogen) atoms. The number of carboxylic acid groups (broad SMARTS) is 1. The van der Waals surface area contributed by atoms with E-state index in [-0.39, 0.29) is 12.0 Å². The van der Waals surface area contributed by atoms with Gasteiger partial charge in [0, 0.05) is 18.6 Å². The molecule has 4 heteroatoms. The fourth-order valence-corrected chi connectivity index (χ4v) is 1.06. The highest BCUT2D eigenvalue weighted by Gasteiger charge is 2.21. The molecule has 0 aromatic heterocycles. The summed E-state index contributed by atoms with van der Waals surface area (Å²) in [6.07, 6.45) is 1.46. The summed E-state index contributed by atoms with van der Waals surface area (Å²) in [6.45, 7) is 6.31. The van der Waals surface area contributed by atoms with E-state index in [2.05, 4.69) is 5.32 Å². The number of hydrogen-bond acceptors (Lipinski definition) is 3. The van der Waals surface area contributed by atoms with Crippen LogP contribution >= 0.6 is 0 Å². The van der Waals surface area contributed by atoms with Crippen molar-refractivity contribution in [3.63, 3.8) is 0 Å². The van der Waals surface area contributed by atoms with E-state index in [1.165, 1.54) is 0 Å². The van der Waals surface area contributed by atoms with Crippen LogP contribution in [0.3, 0.4) is 0 Å². The Bertz CT molecular complexity index is 180. The average Bonchev–Trinajstić information content (AvgIpc) is 2.12. The maximum Gasteiger partial charge on any atom is 0.320 e. The summed E-state index contributed by atoms with van der Waals surface area (Å²) in [6, 6.07) is -0.495. The van der Waals surface area contributed by atoms with Crippen LogP contribution in [0.5, 0.6) is 0 Å². The Morgan fingerprint density at radius 3 is 2.43 bits per heavy atom. The van der Waals surface area contributed by atoms with Crippen LogP contribution in [0.1, 0.15) is 33.6 Å². The van der Waals surface area contributed by atoms with E-state index in [0.717, 1.165) is 6.42 Å². The van der Waals surface area contributed by atoms with Gasteiger partial charge >= 0.3 is 5.97 Å². The summed E-state index contributed by atoms with van der Waals surface area (Å²) < 4.78 is 0. The second-order valence-corrected chi connectivity index (χ2v) is 4.38. The van der Waals surface area contributed by atoms with E-state index in [1.807, 2.05) is 20.8 Å². The van der Waals surface area contributed by atoms with Crippen molar-refractivity contribution >= 4 is 5.97 Å². The zero-order chi connectivity index (χ0) is 11.2. The normalized spacial score (nSPS) is 14.0. The first kappa shape index (κ1) is 13.4. The van der Waals surface area contributed by atoms with Gasteiger partial charge in [-0.05, 0) is 6.42 Å². The quantitative estimate of drug-likeness (QED) is 0.573. The van der Waals surface area contributed by atoms with Gasteiger partial charge in [0.1, 0.15) is 6.04 Å². The van der Waals surface area contributed by atoms with E-state index >= 15 is 0 Å². The minimum Gasteiger partial charge on any atom is -0.480 e. The Morgan fingerprint density at radius 2 is 2.07 bits per heavy atom. The molecule has 0 aromatic rings. The molecule has 0 radical (unpaired) electrons. The number of carbonyl (C=O) groups is 1. The fourth-order valence-electron chi connectivity index (χ4n) is 1.06. The zero-order valence-electron chi connectivity index (χ0n) is 9.21. The SMILES string of the molecule is CCCC(NCC(C)(C)CO)C(=O)O. The monoisotopic (exact) mass is 203 g/mol. The molecule has 0 aliphatic carbocycles. The molecule has 0 saturated carbocycles. The number of aliphatic hydroxyl groups is 1. The second-order valence-electron chi connectivity index (χ2n) is 4.38. The number of carboxylic acids is 1. The topological polar surface area (TPSA) is 69.6 Å². The van der Waals surface area contributed by atoms with E-state index in [4.69, 9.17) is 10.2 Å². The summed E-state index contributed by atoms with van der Waals surface area (Å²) in [5.41, 5.74) is -0.262. The Morgan fingerprint density at radius 1 is 1.50 bits per heavy atom. The van der Waals surface area contributed by atoms with Crippen LogP contribution in [0.2, 0.25) is 0 Å². The van der Waals surface area contributed by atoms with E-state index < -0.39 is 12.0 Å². The van der Waals surface area contributed by atoms with Crippen LogP contribution < -0.4 is 5.32 Å². The van der Waals surface area contributed by atoms with Crippen molar-refractivity contribution in [1.82, 2.24) is 5.32 Å². The summed E-state index contributed by atoms with van der Waals surface area (Å²) in [5.74, 6) is -0.819. The highest BCUT2D eigenvalue weighted by atomic mass is 16.4. The largest absolute Gasteiger partial charge is 0.480 e. The number of rotatable bonds is 7. The van der Waals surface area contributed by atoms with Crippen molar-refractivity contribution in [2.75, 3.05) is 13.2 Å². The van der Waals surface area contributed by atoms with Gasteiger partial charge in [-0.1, -0.05) is 27.2 Å². The van der Waals surface area contributed by atoms with Gasteiger partial charge in [-0.15, -0.1) is 0 Å². The first-order valence-electron chi connectivity index (χ1n) is 5.00. The minimum atomic E-state index is -0.819. The summed E-state index contributed by atoms with van der Waals surface area (Å²) in [4.78, 5) is 10.8. The fraction of sp³-hybridized carbons (Fsp3) is 0.900. The molecule has 1 atom stereocenters. The van der Waals surface area contributed by atoms with Crippen molar-refractivity contribution in [2.24, 2.45) is 5.41 Å². The molecular formula is C10H21NO3. The lowest BCUT2D eigenvalue weighted by atomic mass is 9.94. The summed E-state index contributed by atoms with van der Waals surface area (Å²) >= 11 is 0. The van der Waals surface area contributed by atoms with Gasteiger partial charge < -0.3 is 15.5 Å². The Hall–Kier alpha value is -0.610. The Balaban J connectivity index is 3.99. The number of hydrogen-bond donors (Lipinski definition) is 3. The molecule has 0 fully saturated rings. The highest BCUT2D eigenvalue weighted by Crippen LogP contribution is 2.12. The van der Waals surface area contributed by atoms with Gasteiger partial charge in [-0.3, -0.25) is 4.79 Å². The van der Waals surface area contributed by atoms with Gasteiger partial charge in [0.25, 0.3) is 0 Å². The predicted molar refractivity (Wildman–Crippen MR) is 55.2 cm³/mol. The van der Waals surface area contributed by atoms with Crippen LogP contribution in [-0.2, 0) is 4.79 Å². The molecule has 0 rings (SSSR count). The van der Waals surface area contributed by atoms with Crippen molar-refractivity contribution < 1.29 is 15.0 Å². The third kappa shape index (κ3) is 5.19. The Labute approximate surface area is 85.3 Å². The maximum absolute atomic E-state index is 10.8. The Kier molecular flexibility index (Phi) is 5.72. The molecule has 4 nitrogen and oxygen atoms in total. The van der Waals surface area contributed by atoms with Crippen LogP contribution in [0.15, 0.2) is 0 Å². The van der Waals surface area contributed by atoms with Crippen LogP contribution in [-0.4, -0.2) is 35.4 Å². The molecule has 0 bridgehead atoms. The molecule has 0 spiro atoms. The maximum atomic E-state index is 10.8. The second kappa shape index (κ2) is 5.98. The third-order valence-electron chi connectivity index (χ3n) is 2.13. The van der Waals surface area contributed by atoms with Crippen LogP contribution in [0, 0.1) is 5.41 Å². The first-order chi connectivity index (χ1) is 6.43. The minimum absolute atomic E-state index is 0.0540. The van der Waals surface area contributed by atoms with Crippen molar-refractivity contribution in [3.8, 4) is 0 Å². The van der Waals surface area contributed by atoms with Gasteiger partial charge in [0.05, 0.1) is 0 Å². The van der Waals surface area contributed by atoms with E-state index in [0.29, 0.717) is 13.0 Å². The molecule has 0 aliphatic rings. The summed E-state index contributed by atoms with van der Waals surface area (Å²) in [7, 11) is 0. The van der Waals surface area contributed by atoms with Crippen molar-refractivity contribution in [3.05, 3.63) is 0 Å². The van der Waals surface area contributed by atoms with E-state index in [9.17, 15) is 4.79 Å². The highest BCUT2D eigenvalue weighted by molar-refractivity contribution is 5.73. The van der Waals surface area contributed by atoms with Crippen molar-refractivity contribution in [2.45, 2.75) is 39.7 Å². The van der Waals surface area contributed by atoms with Gasteiger partial charge in [-0.25, -0.2) is 0 Å². The van der Waals surface area contributed by atoms with Crippen LogP contribution in [0.25, 0.3) is 0 Å².